The largest absolute Gasteiger partial charge is 0.493 e. The molecule has 0 saturated heterocycles. The number of Topliss-reactive ketones (excluding diaryl/α,β-unsaturated/α-hetero) is 1. The normalized spacial score (nSPS) is 10.6. The van der Waals surface area contributed by atoms with Crippen LogP contribution in [0.4, 0.5) is 0 Å². The highest BCUT2D eigenvalue weighted by molar-refractivity contribution is 6.09. The van der Waals surface area contributed by atoms with Crippen LogP contribution in [-0.4, -0.2) is 23.5 Å². The number of hydrogen-bond acceptors (Lipinski definition) is 3. The van der Waals surface area contributed by atoms with Crippen LogP contribution in [0.5, 0.6) is 5.75 Å². The summed E-state index contributed by atoms with van der Waals surface area (Å²) in [6.45, 7) is 2.68. The van der Waals surface area contributed by atoms with Crippen LogP contribution in [0.1, 0.15) is 43.0 Å². The van der Waals surface area contributed by atoms with Gasteiger partial charge < -0.3 is 9.84 Å². The van der Waals surface area contributed by atoms with E-state index in [0.29, 0.717) is 18.6 Å². The van der Waals surface area contributed by atoms with Crippen LogP contribution >= 0.6 is 0 Å². The van der Waals surface area contributed by atoms with Crippen LogP contribution in [0.3, 0.4) is 0 Å². The van der Waals surface area contributed by atoms with Gasteiger partial charge in [-0.1, -0.05) is 31.2 Å². The van der Waals surface area contributed by atoms with Gasteiger partial charge in [-0.2, -0.15) is 0 Å². The van der Waals surface area contributed by atoms with E-state index in [1.807, 2.05) is 37.3 Å². The van der Waals surface area contributed by atoms with Crippen molar-refractivity contribution in [3.63, 3.8) is 0 Å². The number of carboxylic acids is 1. The molecule has 2 rings (SSSR count). The van der Waals surface area contributed by atoms with Crippen LogP contribution in [0, 0.1) is 0 Å². The number of carbonyl (C=O) groups excluding carboxylic acids is 1. The number of fused-ring (bicyclic) bond motifs is 1. The molecule has 0 atom stereocenters. The predicted molar refractivity (Wildman–Crippen MR) is 85.6 cm³/mol. The van der Waals surface area contributed by atoms with Gasteiger partial charge in [0, 0.05) is 23.8 Å². The zero-order chi connectivity index (χ0) is 15.9. The van der Waals surface area contributed by atoms with Gasteiger partial charge in [0.05, 0.1) is 6.61 Å². The van der Waals surface area contributed by atoms with Crippen LogP contribution in [0.15, 0.2) is 36.4 Å². The standard InChI is InChI=1S/C18H20O4/c1-2-12-22-17-11-10-14(13-6-3-4-7-15(13)17)16(19)8-5-9-18(20)21/h3-4,6-7,10-11H,2,5,8-9,12H2,1H3,(H,20,21). The molecule has 1 N–H and O–H groups in total. The minimum atomic E-state index is -0.874. The van der Waals surface area contributed by atoms with Gasteiger partial charge in [0.15, 0.2) is 5.78 Å². The average molecular weight is 300 g/mol. The summed E-state index contributed by atoms with van der Waals surface area (Å²) in [6, 6.07) is 11.2. The van der Waals surface area contributed by atoms with Gasteiger partial charge in [-0.05, 0) is 30.4 Å². The Balaban J connectivity index is 2.27. The number of ketones is 1. The summed E-state index contributed by atoms with van der Waals surface area (Å²) >= 11 is 0. The van der Waals surface area contributed by atoms with E-state index < -0.39 is 5.97 Å². The first kappa shape index (κ1) is 16.0. The van der Waals surface area contributed by atoms with Gasteiger partial charge in [-0.3, -0.25) is 9.59 Å². The van der Waals surface area contributed by atoms with Crippen LogP contribution in [-0.2, 0) is 4.79 Å². The number of aliphatic carboxylic acids is 1. The number of rotatable bonds is 8. The lowest BCUT2D eigenvalue weighted by atomic mass is 9.98. The molecular formula is C18H20O4. The van der Waals surface area contributed by atoms with E-state index in [4.69, 9.17) is 9.84 Å². The van der Waals surface area contributed by atoms with Crippen molar-refractivity contribution >= 4 is 22.5 Å². The molecule has 4 heteroatoms. The first-order valence-corrected chi connectivity index (χ1v) is 7.53. The summed E-state index contributed by atoms with van der Waals surface area (Å²) in [5.41, 5.74) is 0.629. The molecule has 0 bridgehead atoms. The quantitative estimate of drug-likeness (QED) is 0.746. The minimum absolute atomic E-state index is 0.0152. The fourth-order valence-corrected chi connectivity index (χ4v) is 2.39. The van der Waals surface area contributed by atoms with E-state index in [1.165, 1.54) is 0 Å². The average Bonchev–Trinajstić information content (AvgIpc) is 2.52. The molecule has 116 valence electrons. The molecule has 0 aliphatic rings. The molecule has 0 aliphatic carbocycles. The van der Waals surface area contributed by atoms with Gasteiger partial charge in [0.1, 0.15) is 5.75 Å². The summed E-state index contributed by atoms with van der Waals surface area (Å²) in [7, 11) is 0. The first-order chi connectivity index (χ1) is 10.6. The Morgan fingerprint density at radius 3 is 2.45 bits per heavy atom. The van der Waals surface area contributed by atoms with Crippen molar-refractivity contribution in [1.82, 2.24) is 0 Å². The summed E-state index contributed by atoms with van der Waals surface area (Å²) in [5.74, 6) is -0.125. The van der Waals surface area contributed by atoms with E-state index in [1.54, 1.807) is 6.07 Å². The molecular weight excluding hydrogens is 280 g/mol. The second-order valence-corrected chi connectivity index (χ2v) is 5.18. The Kier molecular flexibility index (Phi) is 5.53. The van der Waals surface area contributed by atoms with E-state index in [-0.39, 0.29) is 18.6 Å². The summed E-state index contributed by atoms with van der Waals surface area (Å²) in [6.07, 6.45) is 1.54. The second kappa shape index (κ2) is 7.59. The van der Waals surface area contributed by atoms with E-state index >= 15 is 0 Å². The molecule has 0 radical (unpaired) electrons. The number of benzene rings is 2. The highest BCUT2D eigenvalue weighted by Crippen LogP contribution is 2.29. The number of ether oxygens (including phenoxy) is 1. The second-order valence-electron chi connectivity index (χ2n) is 5.18. The van der Waals surface area contributed by atoms with Crippen molar-refractivity contribution in [1.29, 1.82) is 0 Å². The molecule has 0 saturated carbocycles. The predicted octanol–water partition coefficient (Wildman–Crippen LogP) is 4.07. The van der Waals surface area contributed by atoms with Crippen molar-refractivity contribution in [2.45, 2.75) is 32.6 Å². The molecule has 2 aromatic carbocycles. The lowest BCUT2D eigenvalue weighted by Gasteiger charge is -2.11. The fourth-order valence-electron chi connectivity index (χ4n) is 2.39. The van der Waals surface area contributed by atoms with Gasteiger partial charge in [0.2, 0.25) is 0 Å². The zero-order valence-corrected chi connectivity index (χ0v) is 12.7. The van der Waals surface area contributed by atoms with Gasteiger partial charge in [0.25, 0.3) is 0 Å². The van der Waals surface area contributed by atoms with Gasteiger partial charge in [-0.25, -0.2) is 0 Å². The third kappa shape index (κ3) is 3.85. The Hall–Kier alpha value is -2.36. The first-order valence-electron chi connectivity index (χ1n) is 7.53. The van der Waals surface area contributed by atoms with Crippen LogP contribution in [0.2, 0.25) is 0 Å². The molecule has 0 aromatic heterocycles. The maximum absolute atomic E-state index is 12.3. The number of hydrogen-bond donors (Lipinski definition) is 1. The maximum atomic E-state index is 12.3. The summed E-state index contributed by atoms with van der Waals surface area (Å²) < 4.78 is 5.73. The van der Waals surface area contributed by atoms with E-state index in [9.17, 15) is 9.59 Å². The SMILES string of the molecule is CCCOc1ccc(C(=O)CCCC(=O)O)c2ccccc12. The molecule has 0 amide bonds. The van der Waals surface area contributed by atoms with Crippen molar-refractivity contribution in [3.05, 3.63) is 42.0 Å². The highest BCUT2D eigenvalue weighted by Gasteiger charge is 2.13. The van der Waals surface area contributed by atoms with Crippen molar-refractivity contribution in [2.24, 2.45) is 0 Å². The number of carbonyl (C=O) groups is 2. The maximum Gasteiger partial charge on any atom is 0.303 e. The third-order valence-corrected chi connectivity index (χ3v) is 3.44. The van der Waals surface area contributed by atoms with E-state index in [0.717, 1.165) is 22.9 Å². The Labute approximate surface area is 129 Å². The molecule has 0 heterocycles. The van der Waals surface area contributed by atoms with Crippen LogP contribution < -0.4 is 4.74 Å². The van der Waals surface area contributed by atoms with Gasteiger partial charge in [-0.15, -0.1) is 0 Å². The Bertz CT molecular complexity index is 676. The molecule has 22 heavy (non-hydrogen) atoms. The minimum Gasteiger partial charge on any atom is -0.493 e. The molecule has 2 aromatic rings. The highest BCUT2D eigenvalue weighted by atomic mass is 16.5. The summed E-state index contributed by atoms with van der Waals surface area (Å²) in [4.78, 5) is 22.9. The zero-order valence-electron chi connectivity index (χ0n) is 12.7. The molecule has 0 aliphatic heterocycles. The monoisotopic (exact) mass is 300 g/mol. The molecule has 0 spiro atoms. The topological polar surface area (TPSA) is 63.6 Å². The van der Waals surface area contributed by atoms with Crippen molar-refractivity contribution in [2.75, 3.05) is 6.61 Å². The Morgan fingerprint density at radius 1 is 1.05 bits per heavy atom. The lowest BCUT2D eigenvalue weighted by molar-refractivity contribution is -0.137. The smallest absolute Gasteiger partial charge is 0.303 e. The summed E-state index contributed by atoms with van der Waals surface area (Å²) in [5, 5.41) is 10.4. The third-order valence-electron chi connectivity index (χ3n) is 3.44. The molecule has 4 nitrogen and oxygen atoms in total. The lowest BCUT2D eigenvalue weighted by Crippen LogP contribution is -2.03. The van der Waals surface area contributed by atoms with Crippen LogP contribution in [0.25, 0.3) is 10.8 Å². The Morgan fingerprint density at radius 2 is 1.77 bits per heavy atom. The molecule has 0 fully saturated rings. The molecule has 0 unspecified atom stereocenters. The van der Waals surface area contributed by atoms with Crippen molar-refractivity contribution < 1.29 is 19.4 Å². The number of carboxylic acid groups (broad SMARTS) is 1. The van der Waals surface area contributed by atoms with E-state index in [2.05, 4.69) is 0 Å². The van der Waals surface area contributed by atoms with Gasteiger partial charge >= 0.3 is 5.97 Å². The van der Waals surface area contributed by atoms with Crippen molar-refractivity contribution in [3.8, 4) is 5.75 Å². The fraction of sp³-hybridized carbons (Fsp3) is 0.333.